The molecule has 2 aromatic carbocycles. The first kappa shape index (κ1) is 41.1. The highest BCUT2D eigenvalue weighted by molar-refractivity contribution is 7.59. The Bertz CT molecular complexity index is 2290. The van der Waals surface area contributed by atoms with Crippen molar-refractivity contribution in [3.8, 4) is 22.3 Å². The van der Waals surface area contributed by atoms with E-state index >= 15 is 0 Å². The number of benzene rings is 2. The minimum Gasteiger partial charge on any atom is -0.392 e. The number of carbonyl (C=O) groups excluding carboxylic acids is 2. The summed E-state index contributed by atoms with van der Waals surface area (Å²) in [5, 5.41) is 43.2. The fourth-order valence-corrected chi connectivity index (χ4v) is 11.1. The molecule has 15 heteroatoms. The van der Waals surface area contributed by atoms with Crippen molar-refractivity contribution in [3.63, 3.8) is 0 Å². The smallest absolute Gasteiger partial charge is 0.254 e. The normalized spacial score (nSPS) is 24.1. The number of piperidine rings is 2. The molecule has 2 fully saturated rings. The number of rotatable bonds is 6. The summed E-state index contributed by atoms with van der Waals surface area (Å²) in [4.78, 5) is 31.3. The summed E-state index contributed by atoms with van der Waals surface area (Å²) in [6, 6.07) is 16.1. The SMILES string of the molecule is Cc1noc(C)c1-c1ccc2c(c1)C(c1ccsc1)(N1CCC[C@H](O)C1)C(=O)N2.Cc1noc(C)c1-c1ccc2c(c1)C(c1ccsc1)(N1CCC[C@H](O)C1)C(=O)N2.S. The topological polar surface area (TPSA) is 157 Å². The van der Waals surface area contributed by atoms with Crippen LogP contribution in [0.15, 0.2) is 79.1 Å². The molecule has 4 aromatic heterocycles. The van der Waals surface area contributed by atoms with Crippen molar-refractivity contribution < 1.29 is 28.8 Å². The van der Waals surface area contributed by atoms with Gasteiger partial charge in [-0.05, 0) is 134 Å². The number of aliphatic hydroxyl groups excluding tert-OH is 2. The number of likely N-dealkylation sites (tertiary alicyclic amines) is 2. The van der Waals surface area contributed by atoms with Crippen LogP contribution in [0.2, 0.25) is 0 Å². The van der Waals surface area contributed by atoms with Gasteiger partial charge in [-0.2, -0.15) is 36.2 Å². The van der Waals surface area contributed by atoms with Crippen LogP contribution < -0.4 is 10.6 Å². The highest BCUT2D eigenvalue weighted by Crippen LogP contribution is 2.50. The van der Waals surface area contributed by atoms with Gasteiger partial charge in [0.2, 0.25) is 0 Å². The first-order chi connectivity index (χ1) is 28.0. The number of fused-ring (bicyclic) bond motifs is 2. The van der Waals surface area contributed by atoms with Crippen LogP contribution in [0.4, 0.5) is 11.4 Å². The predicted octanol–water partition coefficient (Wildman–Crippen LogP) is 7.46. The quantitative estimate of drug-likeness (QED) is 0.133. The van der Waals surface area contributed by atoms with E-state index in [9.17, 15) is 19.8 Å². The van der Waals surface area contributed by atoms with Crippen LogP contribution in [-0.2, 0) is 20.7 Å². The average Bonchev–Trinajstić information content (AvgIpc) is 4.07. The van der Waals surface area contributed by atoms with Gasteiger partial charge in [0.05, 0.1) is 23.6 Å². The van der Waals surface area contributed by atoms with Crippen molar-refractivity contribution in [3.05, 3.63) is 115 Å². The van der Waals surface area contributed by atoms with Crippen molar-refractivity contribution in [2.45, 2.75) is 76.7 Å². The fraction of sp³-hybridized carbons (Fsp3) is 0.364. The molecular formula is C44H48N6O6S3. The molecular weight excluding hydrogens is 805 g/mol. The van der Waals surface area contributed by atoms with Gasteiger partial charge in [-0.15, -0.1) is 0 Å². The molecule has 4 N–H and O–H groups in total. The van der Waals surface area contributed by atoms with E-state index in [4.69, 9.17) is 9.05 Å². The Kier molecular flexibility index (Phi) is 11.2. The van der Waals surface area contributed by atoms with Crippen LogP contribution in [0, 0.1) is 27.7 Å². The summed E-state index contributed by atoms with van der Waals surface area (Å²) in [5.41, 5.74) is 9.04. The van der Waals surface area contributed by atoms with E-state index in [-0.39, 0.29) is 25.3 Å². The molecule has 0 bridgehead atoms. The molecule has 8 heterocycles. The maximum absolute atomic E-state index is 13.5. The number of thiophene rings is 2. The number of hydrogen-bond acceptors (Lipinski definition) is 12. The second-order valence-corrected chi connectivity index (χ2v) is 17.3. The maximum Gasteiger partial charge on any atom is 0.254 e. The minimum atomic E-state index is -0.939. The number of carbonyl (C=O) groups is 2. The van der Waals surface area contributed by atoms with Crippen LogP contribution in [-0.4, -0.2) is 80.5 Å². The maximum atomic E-state index is 13.5. The second kappa shape index (κ2) is 16.1. The largest absolute Gasteiger partial charge is 0.392 e. The molecule has 6 aromatic rings. The van der Waals surface area contributed by atoms with E-state index in [1.54, 1.807) is 22.7 Å². The van der Waals surface area contributed by atoms with Gasteiger partial charge in [0.1, 0.15) is 11.5 Å². The van der Waals surface area contributed by atoms with E-state index in [1.807, 2.05) is 85.6 Å². The minimum absolute atomic E-state index is 0. The molecule has 59 heavy (non-hydrogen) atoms. The number of aliphatic hydroxyl groups is 2. The van der Waals surface area contributed by atoms with Gasteiger partial charge in [-0.3, -0.25) is 19.4 Å². The fourth-order valence-electron chi connectivity index (χ4n) is 9.70. The molecule has 4 aliphatic rings. The molecule has 10 rings (SSSR count). The predicted molar refractivity (Wildman–Crippen MR) is 234 cm³/mol. The lowest BCUT2D eigenvalue weighted by atomic mass is 9.81. The molecule has 2 unspecified atom stereocenters. The molecule has 2 amide bonds. The van der Waals surface area contributed by atoms with Crippen LogP contribution in [0.3, 0.4) is 0 Å². The lowest BCUT2D eigenvalue weighted by molar-refractivity contribution is -0.128. The Hall–Kier alpha value is -4.61. The zero-order chi connectivity index (χ0) is 40.3. The first-order valence-corrected chi connectivity index (χ1v) is 21.6. The number of nitrogens with one attached hydrogen (secondary N) is 2. The van der Waals surface area contributed by atoms with Gasteiger partial charge >= 0.3 is 0 Å². The van der Waals surface area contributed by atoms with Crippen LogP contribution in [0.1, 0.15) is 70.8 Å². The molecule has 0 aliphatic carbocycles. The van der Waals surface area contributed by atoms with Crippen molar-refractivity contribution in [2.75, 3.05) is 36.8 Å². The lowest BCUT2D eigenvalue weighted by Gasteiger charge is -2.43. The number of hydrogen-bond donors (Lipinski definition) is 4. The van der Waals surface area contributed by atoms with E-state index in [0.29, 0.717) is 13.1 Å². The van der Waals surface area contributed by atoms with Gasteiger partial charge < -0.3 is 29.9 Å². The lowest BCUT2D eigenvalue weighted by Crippen LogP contribution is -2.56. The summed E-state index contributed by atoms with van der Waals surface area (Å²) in [6.45, 7) is 10.1. The van der Waals surface area contributed by atoms with Gasteiger partial charge in [0, 0.05) is 59.8 Å². The molecule has 308 valence electrons. The molecule has 0 spiro atoms. The highest BCUT2D eigenvalue weighted by atomic mass is 32.1. The summed E-state index contributed by atoms with van der Waals surface area (Å²) >= 11 is 3.16. The number of anilines is 2. The molecule has 0 saturated carbocycles. The molecule has 4 aliphatic heterocycles. The van der Waals surface area contributed by atoms with E-state index < -0.39 is 23.3 Å². The van der Waals surface area contributed by atoms with E-state index in [0.717, 1.165) is 118 Å². The summed E-state index contributed by atoms with van der Waals surface area (Å²) < 4.78 is 10.7. The molecule has 0 radical (unpaired) electrons. The monoisotopic (exact) mass is 852 g/mol. The standard InChI is InChI=1S/2C22H23N3O3S.H2S/c2*1-13-20(14(2)28-24-13)15-5-6-19-18(10-15)22(21(27)23-19,16-7-9-29-12-16)25-8-3-4-17(26)11-25;/h2*5-7,9-10,12,17,26H,3-4,8,11H2,1-2H3,(H,23,27);1H2/t2*17-,22?;/m00./s1. The third-order valence-electron chi connectivity index (χ3n) is 12.2. The zero-order valence-corrected chi connectivity index (χ0v) is 36.0. The Morgan fingerprint density at radius 3 is 1.44 bits per heavy atom. The summed E-state index contributed by atoms with van der Waals surface area (Å²) in [6.07, 6.45) is 2.40. The van der Waals surface area contributed by atoms with Crippen LogP contribution in [0.5, 0.6) is 0 Å². The number of nitrogens with zero attached hydrogens (tertiary/aromatic N) is 4. The first-order valence-electron chi connectivity index (χ1n) is 19.7. The zero-order valence-electron chi connectivity index (χ0n) is 33.4. The number of amides is 2. The third-order valence-corrected chi connectivity index (χ3v) is 13.6. The number of β-amino-alcohol motifs (C(OH)–C–C–N with tert-alkyl or cyclic N) is 2. The van der Waals surface area contributed by atoms with Crippen molar-refractivity contribution >= 4 is 59.4 Å². The van der Waals surface area contributed by atoms with Gasteiger partial charge in [-0.1, -0.05) is 22.4 Å². The highest BCUT2D eigenvalue weighted by Gasteiger charge is 2.55. The summed E-state index contributed by atoms with van der Waals surface area (Å²) in [5.74, 6) is 1.40. The average molecular weight is 853 g/mol. The Balaban J connectivity index is 0.000000161. The van der Waals surface area contributed by atoms with Crippen molar-refractivity contribution in [1.82, 2.24) is 20.1 Å². The van der Waals surface area contributed by atoms with Crippen molar-refractivity contribution in [1.29, 1.82) is 0 Å². The Labute approximate surface area is 357 Å². The molecule has 2 saturated heterocycles. The van der Waals surface area contributed by atoms with Crippen LogP contribution >= 0.6 is 36.2 Å². The molecule has 12 nitrogen and oxygen atoms in total. The number of aryl methyl sites for hydroxylation is 4. The Morgan fingerprint density at radius 1 is 0.678 bits per heavy atom. The van der Waals surface area contributed by atoms with Gasteiger partial charge in [-0.25, -0.2) is 0 Å². The number of aromatic nitrogens is 2. The Morgan fingerprint density at radius 2 is 1.10 bits per heavy atom. The van der Waals surface area contributed by atoms with E-state index in [1.165, 1.54) is 0 Å². The van der Waals surface area contributed by atoms with E-state index in [2.05, 4.69) is 42.9 Å². The molecule has 4 atom stereocenters. The second-order valence-electron chi connectivity index (χ2n) is 15.8. The summed E-state index contributed by atoms with van der Waals surface area (Å²) in [7, 11) is 0. The van der Waals surface area contributed by atoms with Gasteiger partial charge in [0.25, 0.3) is 11.8 Å². The van der Waals surface area contributed by atoms with Crippen LogP contribution in [0.25, 0.3) is 22.3 Å². The van der Waals surface area contributed by atoms with Crippen molar-refractivity contribution in [2.24, 2.45) is 0 Å². The van der Waals surface area contributed by atoms with Gasteiger partial charge in [0.15, 0.2) is 11.1 Å². The third kappa shape index (κ3) is 6.67.